The molecule has 2 N–H and O–H groups in total. The number of nitrogens with zero attached hydrogens (tertiary/aromatic N) is 2. The highest BCUT2D eigenvalue weighted by Gasteiger charge is 2.31. The second-order valence-corrected chi connectivity index (χ2v) is 12.1. The van der Waals surface area contributed by atoms with Gasteiger partial charge in [0.15, 0.2) is 0 Å². The van der Waals surface area contributed by atoms with Crippen LogP contribution < -0.4 is 10.0 Å². The fourth-order valence-electron chi connectivity index (χ4n) is 4.98. The number of rotatable bonds is 14. The van der Waals surface area contributed by atoms with Gasteiger partial charge in [-0.15, -0.1) is 0 Å². The van der Waals surface area contributed by atoms with E-state index in [9.17, 15) is 22.4 Å². The molecular weight excluding hydrogens is 571 g/mol. The van der Waals surface area contributed by atoms with Crippen molar-refractivity contribution in [2.45, 2.75) is 37.2 Å². The Balaban J connectivity index is 1.54. The molecule has 0 spiro atoms. The fourth-order valence-corrected chi connectivity index (χ4v) is 6.02. The predicted molar refractivity (Wildman–Crippen MR) is 162 cm³/mol. The van der Waals surface area contributed by atoms with E-state index in [2.05, 4.69) is 14.9 Å². The fraction of sp³-hybridized carbons (Fsp3) is 0.375. The monoisotopic (exact) mass is 610 g/mol. The summed E-state index contributed by atoms with van der Waals surface area (Å²) < 4.78 is 46.1. The molecule has 230 valence electrons. The van der Waals surface area contributed by atoms with Crippen molar-refractivity contribution in [2.75, 3.05) is 45.9 Å². The first-order valence-electron chi connectivity index (χ1n) is 14.5. The van der Waals surface area contributed by atoms with Crippen molar-refractivity contribution in [3.05, 3.63) is 101 Å². The van der Waals surface area contributed by atoms with Crippen molar-refractivity contribution in [2.24, 2.45) is 0 Å². The first-order valence-corrected chi connectivity index (χ1v) is 16.0. The molecule has 9 nitrogen and oxygen atoms in total. The molecular formula is C32H39FN4O5S. The van der Waals surface area contributed by atoms with E-state index in [1.54, 1.807) is 31.2 Å². The molecule has 2 amide bonds. The summed E-state index contributed by atoms with van der Waals surface area (Å²) in [6.07, 6.45) is 0.436. The van der Waals surface area contributed by atoms with Crippen molar-refractivity contribution >= 4 is 21.8 Å². The van der Waals surface area contributed by atoms with Crippen LogP contribution in [0, 0.1) is 5.82 Å². The van der Waals surface area contributed by atoms with E-state index in [4.69, 9.17) is 4.74 Å². The normalized spacial score (nSPS) is 14.7. The van der Waals surface area contributed by atoms with Crippen LogP contribution in [-0.4, -0.2) is 76.0 Å². The minimum Gasteiger partial charge on any atom is -0.379 e. The smallest absolute Gasteiger partial charge is 0.247 e. The highest BCUT2D eigenvalue weighted by Crippen LogP contribution is 2.25. The maximum absolute atomic E-state index is 13.9. The lowest BCUT2D eigenvalue weighted by Gasteiger charge is -2.32. The molecule has 0 aromatic heterocycles. The Morgan fingerprint density at radius 3 is 2.26 bits per heavy atom. The predicted octanol–water partition coefficient (Wildman–Crippen LogP) is 3.28. The molecule has 43 heavy (non-hydrogen) atoms. The Morgan fingerprint density at radius 1 is 0.953 bits per heavy atom. The van der Waals surface area contributed by atoms with E-state index in [1.165, 1.54) is 29.2 Å². The third-order valence-electron chi connectivity index (χ3n) is 7.29. The van der Waals surface area contributed by atoms with Gasteiger partial charge < -0.3 is 15.0 Å². The van der Waals surface area contributed by atoms with Crippen LogP contribution in [0.1, 0.15) is 36.1 Å². The molecule has 1 fully saturated rings. The van der Waals surface area contributed by atoms with Crippen molar-refractivity contribution < 1.29 is 27.1 Å². The van der Waals surface area contributed by atoms with E-state index >= 15 is 0 Å². The number of amides is 2. The van der Waals surface area contributed by atoms with Crippen molar-refractivity contribution in [1.82, 2.24) is 19.8 Å². The van der Waals surface area contributed by atoms with Crippen LogP contribution in [0.5, 0.6) is 0 Å². The van der Waals surface area contributed by atoms with Gasteiger partial charge in [-0.2, -0.15) is 0 Å². The van der Waals surface area contributed by atoms with Gasteiger partial charge in [0.05, 0.1) is 18.1 Å². The number of sulfonamides is 1. The Kier molecular flexibility index (Phi) is 11.8. The Morgan fingerprint density at radius 2 is 1.60 bits per heavy atom. The average molecular weight is 611 g/mol. The lowest BCUT2D eigenvalue weighted by atomic mass is 10.0. The van der Waals surface area contributed by atoms with Gasteiger partial charge in [-0.25, -0.2) is 17.5 Å². The first-order chi connectivity index (χ1) is 20.8. The van der Waals surface area contributed by atoms with Crippen LogP contribution in [0.25, 0.3) is 0 Å². The number of ether oxygens (including phenoxy) is 1. The summed E-state index contributed by atoms with van der Waals surface area (Å²) >= 11 is 0. The second-order valence-electron chi connectivity index (χ2n) is 10.4. The summed E-state index contributed by atoms with van der Waals surface area (Å²) in [7, 11) is -3.58. The van der Waals surface area contributed by atoms with Crippen molar-refractivity contribution in [1.29, 1.82) is 0 Å². The van der Waals surface area contributed by atoms with E-state index < -0.39 is 16.1 Å². The molecule has 4 rings (SSSR count). The van der Waals surface area contributed by atoms with Gasteiger partial charge in [-0.1, -0.05) is 61.5 Å². The Bertz CT molecular complexity index is 1430. The van der Waals surface area contributed by atoms with Crippen molar-refractivity contribution in [3.8, 4) is 0 Å². The van der Waals surface area contributed by atoms with Crippen molar-refractivity contribution in [3.63, 3.8) is 0 Å². The molecule has 1 atom stereocenters. The molecule has 1 heterocycles. The van der Waals surface area contributed by atoms with Gasteiger partial charge in [0, 0.05) is 45.7 Å². The van der Waals surface area contributed by atoms with E-state index in [-0.39, 0.29) is 42.0 Å². The molecule has 0 bridgehead atoms. The molecule has 3 aromatic carbocycles. The van der Waals surface area contributed by atoms with Gasteiger partial charge in [-0.05, 0) is 47.4 Å². The number of nitrogens with one attached hydrogen (secondary N) is 2. The number of carbonyl (C=O) groups is 2. The van der Waals surface area contributed by atoms with Crippen LogP contribution in [0.3, 0.4) is 0 Å². The molecule has 0 saturated carbocycles. The maximum atomic E-state index is 13.9. The van der Waals surface area contributed by atoms with Crippen LogP contribution in [-0.2, 0) is 37.3 Å². The number of aryl methyl sites for hydroxylation is 1. The molecule has 1 saturated heterocycles. The minimum absolute atomic E-state index is 0.0882. The van der Waals surface area contributed by atoms with E-state index in [0.29, 0.717) is 43.9 Å². The van der Waals surface area contributed by atoms with E-state index in [0.717, 1.165) is 18.7 Å². The molecule has 0 aliphatic carbocycles. The van der Waals surface area contributed by atoms with Gasteiger partial charge in [0.2, 0.25) is 21.8 Å². The third kappa shape index (κ3) is 9.42. The topological polar surface area (TPSA) is 108 Å². The molecule has 3 aromatic rings. The van der Waals surface area contributed by atoms with Gasteiger partial charge >= 0.3 is 0 Å². The zero-order valence-corrected chi connectivity index (χ0v) is 25.2. The lowest BCUT2D eigenvalue weighted by molar-refractivity contribution is -0.141. The highest BCUT2D eigenvalue weighted by atomic mass is 32.2. The number of hydrogen-bond donors (Lipinski definition) is 2. The van der Waals surface area contributed by atoms with E-state index in [1.807, 2.05) is 30.3 Å². The lowest BCUT2D eigenvalue weighted by Crippen LogP contribution is -2.46. The first kappa shape index (κ1) is 32.3. The largest absolute Gasteiger partial charge is 0.379 e. The summed E-state index contributed by atoms with van der Waals surface area (Å²) in [5.41, 5.74) is 2.14. The van der Waals surface area contributed by atoms with Crippen LogP contribution >= 0.6 is 0 Å². The SMILES string of the molecule is CCNS(=O)(=O)c1ccc(CCC(=O)N(Cc2ccc(F)cc2)[C@@H](C(=O)NCCN2CCOCC2)c2ccccc2)cc1. The van der Waals surface area contributed by atoms with Crippen LogP contribution in [0.2, 0.25) is 0 Å². The van der Waals surface area contributed by atoms with Gasteiger partial charge in [0.25, 0.3) is 0 Å². The molecule has 0 unspecified atom stereocenters. The minimum atomic E-state index is -3.58. The Hall–Kier alpha value is -3.64. The maximum Gasteiger partial charge on any atom is 0.247 e. The molecule has 1 aliphatic rings. The third-order valence-corrected chi connectivity index (χ3v) is 8.85. The number of carbonyl (C=O) groups excluding carboxylic acids is 2. The zero-order valence-electron chi connectivity index (χ0n) is 24.4. The summed E-state index contributed by atoms with van der Waals surface area (Å²) in [4.78, 5) is 31.6. The Labute approximate surface area is 253 Å². The number of benzene rings is 3. The second kappa shape index (κ2) is 15.7. The van der Waals surface area contributed by atoms with Crippen LogP contribution in [0.15, 0.2) is 83.8 Å². The summed E-state index contributed by atoms with van der Waals surface area (Å²) in [6, 6.07) is 20.5. The molecule has 1 aliphatic heterocycles. The summed E-state index contributed by atoms with van der Waals surface area (Å²) in [5, 5.41) is 3.03. The number of halogens is 1. The average Bonchev–Trinajstić information content (AvgIpc) is 3.02. The number of morpholine rings is 1. The quantitative estimate of drug-likeness (QED) is 0.290. The summed E-state index contributed by atoms with van der Waals surface area (Å²) in [6.45, 7) is 6.11. The highest BCUT2D eigenvalue weighted by molar-refractivity contribution is 7.89. The molecule has 11 heteroatoms. The van der Waals surface area contributed by atoms with Gasteiger partial charge in [0.1, 0.15) is 11.9 Å². The molecule has 0 radical (unpaired) electrons. The zero-order chi connectivity index (χ0) is 30.7. The van der Waals surface area contributed by atoms with Crippen LogP contribution in [0.4, 0.5) is 4.39 Å². The summed E-state index contributed by atoms with van der Waals surface area (Å²) in [5.74, 6) is -0.944. The number of hydrogen-bond acceptors (Lipinski definition) is 6. The van der Waals surface area contributed by atoms with Gasteiger partial charge in [-0.3, -0.25) is 14.5 Å². The standard InChI is InChI=1S/C32H39FN4O5S/c1-2-35-43(40,41)29-15-10-25(11-16-29)12-17-30(38)37(24-26-8-13-28(33)14-9-26)31(27-6-4-3-5-7-27)32(39)34-18-19-36-20-22-42-23-21-36/h3-11,13-16,31,35H,2,12,17-24H2,1H3,(H,34,39)/t31-/m1/s1.